The van der Waals surface area contributed by atoms with Gasteiger partial charge >= 0.3 is 5.69 Å². The SMILES string of the molecule is Cn1c(=O)cc(NCCc2ccccc2)n(Cc2ccc(S(C)(=O)=O)cc2)c1=O. The van der Waals surface area contributed by atoms with E-state index < -0.39 is 15.5 Å². The van der Waals surface area contributed by atoms with Crippen molar-refractivity contribution in [2.75, 3.05) is 18.1 Å². The van der Waals surface area contributed by atoms with Crippen LogP contribution in [0.15, 0.2) is 75.1 Å². The summed E-state index contributed by atoms with van der Waals surface area (Å²) in [7, 11) is -1.85. The lowest BCUT2D eigenvalue weighted by Gasteiger charge is -2.16. The fourth-order valence-corrected chi connectivity index (χ4v) is 3.60. The number of nitrogens with zero attached hydrogens (tertiary/aromatic N) is 2. The number of anilines is 1. The van der Waals surface area contributed by atoms with E-state index in [9.17, 15) is 18.0 Å². The Hall–Kier alpha value is -3.13. The van der Waals surface area contributed by atoms with Crippen LogP contribution in [0, 0.1) is 0 Å². The lowest BCUT2D eigenvalue weighted by molar-refractivity contribution is 0.601. The Bertz CT molecular complexity index is 1210. The molecule has 0 radical (unpaired) electrons. The molecule has 1 N–H and O–H groups in total. The Kier molecular flexibility index (Phi) is 6.03. The lowest BCUT2D eigenvalue weighted by atomic mass is 10.1. The molecule has 29 heavy (non-hydrogen) atoms. The number of hydrogen-bond donors (Lipinski definition) is 1. The number of sulfone groups is 1. The summed E-state index contributed by atoms with van der Waals surface area (Å²) in [5.74, 6) is 0.432. The van der Waals surface area contributed by atoms with Crippen molar-refractivity contribution in [2.24, 2.45) is 7.05 Å². The zero-order valence-corrected chi connectivity index (χ0v) is 17.1. The smallest absolute Gasteiger partial charge is 0.332 e. The normalized spacial score (nSPS) is 11.4. The van der Waals surface area contributed by atoms with E-state index in [2.05, 4.69) is 5.32 Å². The Morgan fingerprint density at radius 2 is 1.59 bits per heavy atom. The second-order valence-electron chi connectivity index (χ2n) is 6.87. The number of rotatable bonds is 7. The molecule has 0 spiro atoms. The van der Waals surface area contributed by atoms with Gasteiger partial charge in [-0.15, -0.1) is 0 Å². The van der Waals surface area contributed by atoms with Crippen molar-refractivity contribution in [1.29, 1.82) is 0 Å². The molecule has 0 aliphatic heterocycles. The molecule has 0 unspecified atom stereocenters. The number of nitrogens with one attached hydrogen (secondary N) is 1. The highest BCUT2D eigenvalue weighted by Crippen LogP contribution is 2.13. The van der Waals surface area contributed by atoms with Gasteiger partial charge in [0.2, 0.25) is 0 Å². The Morgan fingerprint density at radius 3 is 2.21 bits per heavy atom. The molecule has 0 bridgehead atoms. The summed E-state index contributed by atoms with van der Waals surface area (Å²) in [6.45, 7) is 0.772. The lowest BCUT2D eigenvalue weighted by Crippen LogP contribution is -2.39. The molecule has 3 rings (SSSR count). The van der Waals surface area contributed by atoms with Gasteiger partial charge in [0.05, 0.1) is 11.4 Å². The molecule has 0 saturated carbocycles. The van der Waals surface area contributed by atoms with E-state index in [1.165, 1.54) is 29.8 Å². The molecular formula is C21H23N3O4S. The van der Waals surface area contributed by atoms with E-state index in [1.54, 1.807) is 12.1 Å². The van der Waals surface area contributed by atoms with Crippen molar-refractivity contribution < 1.29 is 8.42 Å². The summed E-state index contributed by atoms with van der Waals surface area (Å²) in [5.41, 5.74) is 1.08. The fourth-order valence-electron chi connectivity index (χ4n) is 2.97. The first-order valence-electron chi connectivity index (χ1n) is 9.13. The predicted molar refractivity (Wildman–Crippen MR) is 113 cm³/mol. The highest BCUT2D eigenvalue weighted by Gasteiger charge is 2.11. The molecule has 0 fully saturated rings. The van der Waals surface area contributed by atoms with Crippen molar-refractivity contribution in [3.63, 3.8) is 0 Å². The molecule has 3 aromatic rings. The monoisotopic (exact) mass is 413 g/mol. The van der Waals surface area contributed by atoms with Gasteiger partial charge in [0.15, 0.2) is 9.84 Å². The highest BCUT2D eigenvalue weighted by molar-refractivity contribution is 7.90. The Balaban J connectivity index is 1.86. The molecule has 0 amide bonds. The van der Waals surface area contributed by atoms with Gasteiger partial charge in [-0.25, -0.2) is 13.2 Å². The van der Waals surface area contributed by atoms with Gasteiger partial charge in [-0.3, -0.25) is 13.9 Å². The van der Waals surface area contributed by atoms with E-state index in [1.807, 2.05) is 30.3 Å². The average Bonchev–Trinajstić information content (AvgIpc) is 2.69. The van der Waals surface area contributed by atoms with Crippen LogP contribution in [0.1, 0.15) is 11.1 Å². The molecule has 1 aromatic heterocycles. The van der Waals surface area contributed by atoms with Gasteiger partial charge in [0.25, 0.3) is 5.56 Å². The maximum absolute atomic E-state index is 12.7. The molecule has 7 nitrogen and oxygen atoms in total. The average molecular weight is 413 g/mol. The quantitative estimate of drug-likeness (QED) is 0.636. The standard InChI is InChI=1S/C21H23N3O4S/c1-23-20(25)14-19(22-13-12-16-6-4-3-5-7-16)24(21(23)26)15-17-8-10-18(11-9-17)29(2,27)28/h3-11,14,22H,12-13,15H2,1-2H3. The summed E-state index contributed by atoms with van der Waals surface area (Å²) in [6.07, 6.45) is 1.89. The van der Waals surface area contributed by atoms with E-state index in [4.69, 9.17) is 0 Å². The van der Waals surface area contributed by atoms with E-state index >= 15 is 0 Å². The van der Waals surface area contributed by atoms with Gasteiger partial charge in [0, 0.05) is 25.9 Å². The molecule has 2 aromatic carbocycles. The highest BCUT2D eigenvalue weighted by atomic mass is 32.2. The van der Waals surface area contributed by atoms with Crippen LogP contribution in [0.25, 0.3) is 0 Å². The van der Waals surface area contributed by atoms with E-state index in [-0.39, 0.29) is 17.0 Å². The molecule has 0 atom stereocenters. The van der Waals surface area contributed by atoms with Gasteiger partial charge in [-0.1, -0.05) is 42.5 Å². The van der Waals surface area contributed by atoms with Gasteiger partial charge in [0.1, 0.15) is 5.82 Å². The van der Waals surface area contributed by atoms with Crippen molar-refractivity contribution in [3.05, 3.63) is 92.6 Å². The van der Waals surface area contributed by atoms with Crippen LogP contribution in [-0.4, -0.2) is 30.4 Å². The minimum Gasteiger partial charge on any atom is -0.371 e. The predicted octanol–water partition coefficient (Wildman–Crippen LogP) is 1.65. The third kappa shape index (κ3) is 5.03. The van der Waals surface area contributed by atoms with Crippen LogP contribution < -0.4 is 16.6 Å². The molecule has 152 valence electrons. The van der Waals surface area contributed by atoms with Gasteiger partial charge < -0.3 is 5.32 Å². The second kappa shape index (κ2) is 8.48. The van der Waals surface area contributed by atoms with Crippen LogP contribution in [-0.2, 0) is 29.9 Å². The largest absolute Gasteiger partial charge is 0.371 e. The maximum Gasteiger partial charge on any atom is 0.332 e. The van der Waals surface area contributed by atoms with Crippen LogP contribution in [0.4, 0.5) is 5.82 Å². The summed E-state index contributed by atoms with van der Waals surface area (Å²) >= 11 is 0. The summed E-state index contributed by atoms with van der Waals surface area (Å²) in [6, 6.07) is 17.7. The third-order valence-corrected chi connectivity index (χ3v) is 5.78. The zero-order chi connectivity index (χ0) is 21.0. The molecule has 8 heteroatoms. The molecule has 0 aliphatic rings. The molecule has 0 aliphatic carbocycles. The number of aromatic nitrogens is 2. The van der Waals surface area contributed by atoms with Crippen molar-refractivity contribution in [1.82, 2.24) is 9.13 Å². The Morgan fingerprint density at radius 1 is 0.931 bits per heavy atom. The van der Waals surface area contributed by atoms with Crippen LogP contribution in [0.3, 0.4) is 0 Å². The minimum atomic E-state index is -3.29. The van der Waals surface area contributed by atoms with Crippen molar-refractivity contribution in [3.8, 4) is 0 Å². The first-order chi connectivity index (χ1) is 13.8. The van der Waals surface area contributed by atoms with Gasteiger partial charge in [-0.05, 0) is 29.7 Å². The Labute approximate surface area is 169 Å². The molecular weight excluding hydrogens is 390 g/mol. The number of benzene rings is 2. The first-order valence-corrected chi connectivity index (χ1v) is 11.0. The van der Waals surface area contributed by atoms with Crippen molar-refractivity contribution in [2.45, 2.75) is 17.9 Å². The van der Waals surface area contributed by atoms with Crippen molar-refractivity contribution >= 4 is 15.7 Å². The maximum atomic E-state index is 12.7. The molecule has 0 saturated heterocycles. The van der Waals surface area contributed by atoms with Crippen LogP contribution >= 0.6 is 0 Å². The number of hydrogen-bond acceptors (Lipinski definition) is 5. The zero-order valence-electron chi connectivity index (χ0n) is 16.3. The van der Waals surface area contributed by atoms with E-state index in [0.717, 1.165) is 28.4 Å². The third-order valence-electron chi connectivity index (χ3n) is 4.65. The van der Waals surface area contributed by atoms with E-state index in [0.29, 0.717) is 12.4 Å². The first kappa shape index (κ1) is 20.6. The second-order valence-corrected chi connectivity index (χ2v) is 8.89. The minimum absolute atomic E-state index is 0.213. The van der Waals surface area contributed by atoms with Crippen LogP contribution in [0.2, 0.25) is 0 Å². The summed E-state index contributed by atoms with van der Waals surface area (Å²) in [4.78, 5) is 25.0. The van der Waals surface area contributed by atoms with Gasteiger partial charge in [-0.2, -0.15) is 0 Å². The van der Waals surface area contributed by atoms with Crippen LogP contribution in [0.5, 0.6) is 0 Å². The summed E-state index contributed by atoms with van der Waals surface area (Å²) < 4.78 is 25.8. The molecule has 1 heterocycles. The fraction of sp³-hybridized carbons (Fsp3) is 0.238. The summed E-state index contributed by atoms with van der Waals surface area (Å²) in [5, 5.41) is 3.18. The topological polar surface area (TPSA) is 90.2 Å².